The van der Waals surface area contributed by atoms with Crippen LogP contribution in [0.25, 0.3) is 0 Å². The lowest BCUT2D eigenvalue weighted by Crippen LogP contribution is -2.46. The molecule has 0 amide bonds. The minimum Gasteiger partial charge on any atom is -0.298 e. The Labute approximate surface area is 109 Å². The average Bonchev–Trinajstić information content (AvgIpc) is 2.38. The topological polar surface area (TPSA) is 3.24 Å². The van der Waals surface area contributed by atoms with Gasteiger partial charge in [-0.3, -0.25) is 4.90 Å². The summed E-state index contributed by atoms with van der Waals surface area (Å²) >= 11 is 0. The highest BCUT2D eigenvalue weighted by Crippen LogP contribution is 2.33. The van der Waals surface area contributed by atoms with Crippen LogP contribution in [0.5, 0.6) is 0 Å². The maximum atomic E-state index is 2.74. The first kappa shape index (κ1) is 15.0. The van der Waals surface area contributed by atoms with Crippen molar-refractivity contribution in [3.05, 3.63) is 0 Å². The summed E-state index contributed by atoms with van der Waals surface area (Å²) in [7, 11) is 0. The first-order chi connectivity index (χ1) is 7.74. The first-order valence-electron chi connectivity index (χ1n) is 7.50. The SMILES string of the molecule is CCC1CCCN(C(C)(C)CC(C)(C)C)CC1. The molecule has 17 heavy (non-hydrogen) atoms. The predicted octanol–water partition coefficient (Wildman–Crippen LogP) is 4.71. The van der Waals surface area contributed by atoms with Gasteiger partial charge in [-0.15, -0.1) is 0 Å². The summed E-state index contributed by atoms with van der Waals surface area (Å²) < 4.78 is 0. The van der Waals surface area contributed by atoms with Crippen LogP contribution in [-0.4, -0.2) is 23.5 Å². The zero-order valence-corrected chi connectivity index (χ0v) is 13.0. The quantitative estimate of drug-likeness (QED) is 0.689. The van der Waals surface area contributed by atoms with Crippen molar-refractivity contribution in [1.29, 1.82) is 0 Å². The molecule has 1 unspecified atom stereocenters. The summed E-state index contributed by atoms with van der Waals surface area (Å²) in [5.41, 5.74) is 0.793. The number of hydrogen-bond donors (Lipinski definition) is 0. The normalized spacial score (nSPS) is 24.7. The Morgan fingerprint density at radius 1 is 1.00 bits per heavy atom. The van der Waals surface area contributed by atoms with E-state index in [1.807, 2.05) is 0 Å². The second kappa shape index (κ2) is 5.73. The van der Waals surface area contributed by atoms with Crippen LogP contribution in [0.2, 0.25) is 0 Å². The van der Waals surface area contributed by atoms with E-state index in [9.17, 15) is 0 Å². The lowest BCUT2D eigenvalue weighted by molar-refractivity contribution is 0.0795. The second-order valence-electron chi connectivity index (χ2n) is 7.74. The third kappa shape index (κ3) is 4.99. The lowest BCUT2D eigenvalue weighted by Gasteiger charge is -2.42. The minimum atomic E-state index is 0.362. The van der Waals surface area contributed by atoms with Crippen molar-refractivity contribution in [3.63, 3.8) is 0 Å². The van der Waals surface area contributed by atoms with Crippen molar-refractivity contribution < 1.29 is 0 Å². The van der Waals surface area contributed by atoms with Gasteiger partial charge in [-0.2, -0.15) is 0 Å². The van der Waals surface area contributed by atoms with Crippen molar-refractivity contribution in [3.8, 4) is 0 Å². The van der Waals surface area contributed by atoms with Gasteiger partial charge >= 0.3 is 0 Å². The summed E-state index contributed by atoms with van der Waals surface area (Å²) in [5, 5.41) is 0. The van der Waals surface area contributed by atoms with E-state index in [0.29, 0.717) is 11.0 Å². The molecule has 1 fully saturated rings. The van der Waals surface area contributed by atoms with Crippen LogP contribution in [0.3, 0.4) is 0 Å². The molecular weight excluding hydrogens is 206 g/mol. The molecule has 1 aliphatic heterocycles. The molecule has 1 heterocycles. The number of rotatable bonds is 3. The molecule has 0 saturated carbocycles. The number of nitrogens with zero attached hydrogens (tertiary/aromatic N) is 1. The molecular formula is C16H33N. The van der Waals surface area contributed by atoms with Gasteiger partial charge in [0.05, 0.1) is 0 Å². The smallest absolute Gasteiger partial charge is 0.0158 e. The summed E-state index contributed by atoms with van der Waals surface area (Å²) in [6.07, 6.45) is 6.90. The van der Waals surface area contributed by atoms with Gasteiger partial charge in [0.15, 0.2) is 0 Å². The Kier molecular flexibility index (Phi) is 5.07. The monoisotopic (exact) mass is 239 g/mol. The minimum absolute atomic E-state index is 0.362. The standard InChI is InChI=1S/C16H33N/c1-7-14-9-8-11-17(12-10-14)16(5,6)13-15(2,3)4/h14H,7-13H2,1-6H3. The van der Waals surface area contributed by atoms with Gasteiger partial charge in [-0.1, -0.05) is 34.1 Å². The van der Waals surface area contributed by atoms with Crippen LogP contribution < -0.4 is 0 Å². The third-order valence-corrected chi connectivity index (χ3v) is 4.24. The molecule has 1 saturated heterocycles. The molecule has 1 aliphatic rings. The lowest BCUT2D eigenvalue weighted by atomic mass is 9.80. The highest BCUT2D eigenvalue weighted by Gasteiger charge is 2.32. The van der Waals surface area contributed by atoms with Gasteiger partial charge in [0.2, 0.25) is 0 Å². The molecule has 102 valence electrons. The fourth-order valence-electron chi connectivity index (χ4n) is 3.59. The van der Waals surface area contributed by atoms with Crippen molar-refractivity contribution in [2.75, 3.05) is 13.1 Å². The first-order valence-corrected chi connectivity index (χ1v) is 7.50. The van der Waals surface area contributed by atoms with Crippen molar-refractivity contribution in [1.82, 2.24) is 4.90 Å². The highest BCUT2D eigenvalue weighted by atomic mass is 15.2. The van der Waals surface area contributed by atoms with E-state index in [1.54, 1.807) is 0 Å². The molecule has 0 spiro atoms. The van der Waals surface area contributed by atoms with Crippen LogP contribution in [0.4, 0.5) is 0 Å². The van der Waals surface area contributed by atoms with Crippen LogP contribution in [0, 0.1) is 11.3 Å². The third-order valence-electron chi connectivity index (χ3n) is 4.24. The molecule has 1 rings (SSSR count). The summed E-state index contributed by atoms with van der Waals surface area (Å²) in [4.78, 5) is 2.74. The van der Waals surface area contributed by atoms with Gasteiger partial charge in [0.1, 0.15) is 0 Å². The Morgan fingerprint density at radius 3 is 2.18 bits per heavy atom. The zero-order valence-electron chi connectivity index (χ0n) is 13.0. The van der Waals surface area contributed by atoms with E-state index in [4.69, 9.17) is 0 Å². The fraction of sp³-hybridized carbons (Fsp3) is 1.00. The zero-order chi connectivity index (χ0) is 13.1. The van der Waals surface area contributed by atoms with Crippen LogP contribution in [0.15, 0.2) is 0 Å². The van der Waals surface area contributed by atoms with E-state index in [1.165, 1.54) is 45.2 Å². The van der Waals surface area contributed by atoms with Gasteiger partial charge in [0, 0.05) is 5.54 Å². The van der Waals surface area contributed by atoms with Crippen LogP contribution in [-0.2, 0) is 0 Å². The molecule has 0 N–H and O–H groups in total. The van der Waals surface area contributed by atoms with E-state index in [-0.39, 0.29) is 0 Å². The van der Waals surface area contributed by atoms with Gasteiger partial charge < -0.3 is 0 Å². The second-order valence-corrected chi connectivity index (χ2v) is 7.74. The van der Waals surface area contributed by atoms with Gasteiger partial charge in [-0.25, -0.2) is 0 Å². The molecule has 0 aromatic heterocycles. The molecule has 0 aromatic rings. The maximum Gasteiger partial charge on any atom is 0.0158 e. The van der Waals surface area contributed by atoms with E-state index >= 15 is 0 Å². The summed E-state index contributed by atoms with van der Waals surface area (Å²) in [5.74, 6) is 0.977. The largest absolute Gasteiger partial charge is 0.298 e. The summed E-state index contributed by atoms with van der Waals surface area (Å²) in [6.45, 7) is 16.9. The van der Waals surface area contributed by atoms with Gasteiger partial charge in [0.25, 0.3) is 0 Å². The Hall–Kier alpha value is -0.0400. The molecule has 0 aliphatic carbocycles. The number of hydrogen-bond acceptors (Lipinski definition) is 1. The molecule has 0 radical (unpaired) electrons. The predicted molar refractivity (Wildman–Crippen MR) is 77.4 cm³/mol. The van der Waals surface area contributed by atoms with Crippen LogP contribution >= 0.6 is 0 Å². The Balaban J connectivity index is 2.59. The van der Waals surface area contributed by atoms with Crippen molar-refractivity contribution >= 4 is 0 Å². The highest BCUT2D eigenvalue weighted by molar-refractivity contribution is 4.87. The van der Waals surface area contributed by atoms with E-state index in [2.05, 4.69) is 46.4 Å². The number of likely N-dealkylation sites (tertiary alicyclic amines) is 1. The molecule has 1 atom stereocenters. The fourth-order valence-corrected chi connectivity index (χ4v) is 3.59. The van der Waals surface area contributed by atoms with Crippen molar-refractivity contribution in [2.24, 2.45) is 11.3 Å². The summed E-state index contributed by atoms with van der Waals surface area (Å²) in [6, 6.07) is 0. The molecule has 0 aromatic carbocycles. The van der Waals surface area contributed by atoms with Gasteiger partial charge in [-0.05, 0) is 64.0 Å². The van der Waals surface area contributed by atoms with E-state index in [0.717, 1.165) is 5.92 Å². The Morgan fingerprint density at radius 2 is 1.65 bits per heavy atom. The van der Waals surface area contributed by atoms with Crippen molar-refractivity contribution in [2.45, 2.75) is 79.2 Å². The Bertz CT molecular complexity index is 224. The molecule has 0 bridgehead atoms. The molecule has 1 nitrogen and oxygen atoms in total. The molecule has 1 heteroatoms. The average molecular weight is 239 g/mol. The maximum absolute atomic E-state index is 2.74. The van der Waals surface area contributed by atoms with Crippen LogP contribution in [0.1, 0.15) is 73.6 Å². The van der Waals surface area contributed by atoms with E-state index < -0.39 is 0 Å².